The molecular weight excluding hydrogens is 349 g/mol. The third kappa shape index (κ3) is 2.91. The predicted octanol–water partition coefficient (Wildman–Crippen LogP) is 1.47. The first-order valence-electron chi connectivity index (χ1n) is 6.96. The van der Waals surface area contributed by atoms with Crippen molar-refractivity contribution in [1.82, 2.24) is 9.97 Å². The minimum atomic E-state index is -4.58. The van der Waals surface area contributed by atoms with Crippen LogP contribution >= 0.6 is 12.2 Å². The summed E-state index contributed by atoms with van der Waals surface area (Å²) in [6, 6.07) is 3.50. The lowest BCUT2D eigenvalue weighted by molar-refractivity contribution is -0.141. The maximum absolute atomic E-state index is 12.7. The molecule has 0 aliphatic carbocycles. The third-order valence-electron chi connectivity index (χ3n) is 3.87. The van der Waals surface area contributed by atoms with Crippen LogP contribution in [0, 0.1) is 4.64 Å². The second-order valence-corrected chi connectivity index (χ2v) is 5.85. The number of hydrogen-bond donors (Lipinski definition) is 4. The fourth-order valence-corrected chi connectivity index (χ4v) is 2.90. The summed E-state index contributed by atoms with van der Waals surface area (Å²) in [6.45, 7) is -0.491. The van der Waals surface area contributed by atoms with Crippen LogP contribution in [0.5, 0.6) is 0 Å². The molecule has 2 aromatic heterocycles. The molecule has 1 aliphatic heterocycles. The summed E-state index contributed by atoms with van der Waals surface area (Å²) in [5, 5.41) is 29.3. The summed E-state index contributed by atoms with van der Waals surface area (Å²) < 4.78 is 43.6. The molecule has 3 rings (SSSR count). The van der Waals surface area contributed by atoms with Gasteiger partial charge in [0.05, 0.1) is 6.61 Å². The van der Waals surface area contributed by atoms with Gasteiger partial charge in [0.2, 0.25) is 0 Å². The number of rotatable bonds is 2. The van der Waals surface area contributed by atoms with Gasteiger partial charge in [0.1, 0.15) is 40.4 Å². The van der Waals surface area contributed by atoms with Gasteiger partial charge in [0.15, 0.2) is 0 Å². The Hall–Kier alpha value is -1.59. The van der Waals surface area contributed by atoms with Crippen molar-refractivity contribution in [3.8, 4) is 0 Å². The maximum atomic E-state index is 12.7. The number of aromatic nitrogens is 2. The standard InChI is InChI=1S/C14H13F3N2O4S/c15-14(16,17)8-2-1-5-3-6(13(24)19-12(5)18-8)11-10(22)9(21)7(4-20)23-11/h1-3,7,9-11,20-22H,4H2,(H,18,19,24)/t7-,9?,10?,11+/m1/s1. The van der Waals surface area contributed by atoms with Gasteiger partial charge in [0, 0.05) is 10.9 Å². The number of aliphatic hydroxyl groups is 3. The van der Waals surface area contributed by atoms with Crippen molar-refractivity contribution in [1.29, 1.82) is 0 Å². The number of fused-ring (bicyclic) bond motifs is 1. The summed E-state index contributed by atoms with van der Waals surface area (Å²) in [6.07, 6.45) is -9.17. The molecule has 130 valence electrons. The lowest BCUT2D eigenvalue weighted by atomic mass is 10.0. The molecule has 0 bridgehead atoms. The Balaban J connectivity index is 2.05. The molecule has 0 spiro atoms. The number of alkyl halides is 3. The molecule has 1 aliphatic rings. The van der Waals surface area contributed by atoms with E-state index in [9.17, 15) is 23.4 Å². The van der Waals surface area contributed by atoms with Gasteiger partial charge in [-0.05, 0) is 18.2 Å². The number of halogens is 3. The van der Waals surface area contributed by atoms with E-state index in [2.05, 4.69) is 9.97 Å². The molecule has 0 saturated carbocycles. The Labute approximate surface area is 138 Å². The molecule has 1 fully saturated rings. The Morgan fingerprint density at radius 1 is 1.25 bits per heavy atom. The molecule has 0 amide bonds. The van der Waals surface area contributed by atoms with E-state index in [0.717, 1.165) is 6.07 Å². The van der Waals surface area contributed by atoms with Crippen LogP contribution in [-0.4, -0.2) is 50.2 Å². The van der Waals surface area contributed by atoms with E-state index in [-0.39, 0.29) is 10.3 Å². The van der Waals surface area contributed by atoms with E-state index in [1.54, 1.807) is 0 Å². The van der Waals surface area contributed by atoms with Crippen LogP contribution in [-0.2, 0) is 10.9 Å². The van der Waals surface area contributed by atoms with Gasteiger partial charge >= 0.3 is 6.18 Å². The molecule has 2 aromatic rings. The van der Waals surface area contributed by atoms with Gasteiger partial charge in [-0.2, -0.15) is 13.2 Å². The molecule has 2 unspecified atom stereocenters. The molecule has 10 heteroatoms. The van der Waals surface area contributed by atoms with Crippen molar-refractivity contribution in [2.24, 2.45) is 0 Å². The molecule has 6 nitrogen and oxygen atoms in total. The predicted molar refractivity (Wildman–Crippen MR) is 78.6 cm³/mol. The van der Waals surface area contributed by atoms with Gasteiger partial charge < -0.3 is 25.0 Å². The maximum Gasteiger partial charge on any atom is 0.433 e. The Bertz CT molecular complexity index is 826. The summed E-state index contributed by atoms with van der Waals surface area (Å²) in [5.74, 6) is 0. The average molecular weight is 362 g/mol. The molecule has 1 saturated heterocycles. The highest BCUT2D eigenvalue weighted by molar-refractivity contribution is 7.71. The summed E-state index contributed by atoms with van der Waals surface area (Å²) in [4.78, 5) is 6.08. The van der Waals surface area contributed by atoms with Crippen molar-refractivity contribution in [2.75, 3.05) is 6.61 Å². The molecule has 4 N–H and O–H groups in total. The number of aromatic amines is 1. The van der Waals surface area contributed by atoms with Crippen LogP contribution in [0.3, 0.4) is 0 Å². The van der Waals surface area contributed by atoms with Crippen LogP contribution < -0.4 is 0 Å². The Morgan fingerprint density at radius 3 is 2.54 bits per heavy atom. The van der Waals surface area contributed by atoms with Crippen LogP contribution in [0.25, 0.3) is 11.0 Å². The number of hydrogen-bond acceptors (Lipinski definition) is 6. The van der Waals surface area contributed by atoms with Crippen molar-refractivity contribution in [3.63, 3.8) is 0 Å². The van der Waals surface area contributed by atoms with E-state index >= 15 is 0 Å². The minimum Gasteiger partial charge on any atom is -0.394 e. The fourth-order valence-electron chi connectivity index (χ4n) is 2.63. The molecular formula is C14H13F3N2O4S. The highest BCUT2D eigenvalue weighted by Gasteiger charge is 2.43. The molecule has 4 atom stereocenters. The van der Waals surface area contributed by atoms with Gasteiger partial charge in [-0.1, -0.05) is 12.2 Å². The van der Waals surface area contributed by atoms with Crippen molar-refractivity contribution < 1.29 is 33.2 Å². The minimum absolute atomic E-state index is 0.0316. The summed E-state index contributed by atoms with van der Waals surface area (Å²) in [5.41, 5.74) is -0.812. The highest BCUT2D eigenvalue weighted by Crippen LogP contribution is 2.35. The summed E-state index contributed by atoms with van der Waals surface area (Å²) in [7, 11) is 0. The van der Waals surface area contributed by atoms with E-state index in [0.29, 0.717) is 10.9 Å². The molecule has 0 radical (unpaired) electrons. The topological polar surface area (TPSA) is 98.6 Å². The van der Waals surface area contributed by atoms with Gasteiger partial charge in [-0.15, -0.1) is 0 Å². The lowest BCUT2D eigenvalue weighted by Crippen LogP contribution is -2.32. The molecule has 0 aromatic carbocycles. The molecule has 24 heavy (non-hydrogen) atoms. The first kappa shape index (κ1) is 17.2. The van der Waals surface area contributed by atoms with Crippen LogP contribution in [0.15, 0.2) is 18.2 Å². The quantitative estimate of drug-likeness (QED) is 0.604. The zero-order chi connectivity index (χ0) is 17.6. The number of H-pyrrole nitrogens is 1. The zero-order valence-corrected chi connectivity index (χ0v) is 12.8. The second-order valence-electron chi connectivity index (χ2n) is 5.44. The van der Waals surface area contributed by atoms with Crippen LogP contribution in [0.1, 0.15) is 17.4 Å². The zero-order valence-electron chi connectivity index (χ0n) is 12.0. The van der Waals surface area contributed by atoms with Crippen molar-refractivity contribution in [2.45, 2.75) is 30.6 Å². The van der Waals surface area contributed by atoms with E-state index in [1.165, 1.54) is 12.1 Å². The van der Waals surface area contributed by atoms with E-state index in [4.69, 9.17) is 22.1 Å². The second kappa shape index (κ2) is 6.05. The van der Waals surface area contributed by atoms with Gasteiger partial charge in [0.25, 0.3) is 0 Å². The number of nitrogens with zero attached hydrogens (tertiary/aromatic N) is 1. The lowest BCUT2D eigenvalue weighted by Gasteiger charge is -2.16. The Morgan fingerprint density at radius 2 is 1.96 bits per heavy atom. The van der Waals surface area contributed by atoms with Crippen molar-refractivity contribution in [3.05, 3.63) is 34.1 Å². The molecule has 3 heterocycles. The smallest absolute Gasteiger partial charge is 0.394 e. The fraction of sp³-hybridized carbons (Fsp3) is 0.429. The van der Waals surface area contributed by atoms with Crippen LogP contribution in [0.2, 0.25) is 0 Å². The van der Waals surface area contributed by atoms with E-state index in [1.807, 2.05) is 0 Å². The number of ether oxygens (including phenoxy) is 1. The number of aliphatic hydroxyl groups excluding tert-OH is 3. The van der Waals surface area contributed by atoms with Crippen molar-refractivity contribution >= 4 is 23.3 Å². The van der Waals surface area contributed by atoms with Gasteiger partial charge in [-0.25, -0.2) is 4.98 Å². The normalized spacial score (nSPS) is 27.8. The third-order valence-corrected chi connectivity index (χ3v) is 4.21. The first-order chi connectivity index (χ1) is 11.2. The monoisotopic (exact) mass is 362 g/mol. The number of pyridine rings is 2. The first-order valence-corrected chi connectivity index (χ1v) is 7.37. The number of nitrogens with one attached hydrogen (secondary N) is 1. The van der Waals surface area contributed by atoms with E-state index < -0.39 is 42.9 Å². The highest BCUT2D eigenvalue weighted by atomic mass is 32.1. The summed E-state index contributed by atoms with van der Waals surface area (Å²) >= 11 is 5.11. The average Bonchev–Trinajstić information content (AvgIpc) is 2.80. The van der Waals surface area contributed by atoms with Crippen LogP contribution in [0.4, 0.5) is 13.2 Å². The SMILES string of the molecule is OC[C@H]1O[C@@H](c2cc3ccc(C(F)(F)F)nc3[nH]c2=S)C(O)C1O. The van der Waals surface area contributed by atoms with Gasteiger partial charge in [-0.3, -0.25) is 0 Å². The largest absolute Gasteiger partial charge is 0.433 e. The Kier molecular flexibility index (Phi) is 4.34.